The Balaban J connectivity index is 1.51. The Morgan fingerprint density at radius 2 is 1.95 bits per heavy atom. The van der Waals surface area contributed by atoms with E-state index in [1.54, 1.807) is 0 Å². The van der Waals surface area contributed by atoms with Crippen molar-refractivity contribution in [1.82, 2.24) is 5.32 Å². The molecule has 0 radical (unpaired) electrons. The molecule has 0 aliphatic carbocycles. The minimum atomic E-state index is -0.104. The molecule has 0 amide bonds. The molecular weight excluding hydrogens is 292 g/mol. The zero-order valence-corrected chi connectivity index (χ0v) is 14.3. The lowest BCUT2D eigenvalue weighted by Crippen LogP contribution is -2.35. The number of hydrogen-bond acceptors (Lipinski definition) is 4. The highest BCUT2D eigenvalue weighted by atomic mass is 32.2. The molecule has 2 unspecified atom stereocenters. The lowest BCUT2D eigenvalue weighted by Gasteiger charge is -2.31. The maximum absolute atomic E-state index is 9.60. The van der Waals surface area contributed by atoms with E-state index in [0.717, 1.165) is 37.7 Å². The topological polar surface area (TPSA) is 35.5 Å². The molecule has 3 rings (SSSR count). The zero-order chi connectivity index (χ0) is 15.4. The van der Waals surface area contributed by atoms with Crippen LogP contribution in [0.2, 0.25) is 0 Å². The molecule has 3 nitrogen and oxygen atoms in total. The minimum Gasteiger partial charge on any atom is -0.393 e. The Hall–Kier alpha value is -0.710. The van der Waals surface area contributed by atoms with Crippen molar-refractivity contribution in [2.75, 3.05) is 30.3 Å². The Kier molecular flexibility index (Phi) is 5.66. The van der Waals surface area contributed by atoms with Crippen molar-refractivity contribution in [3.8, 4) is 0 Å². The molecule has 0 spiro atoms. The van der Waals surface area contributed by atoms with Crippen molar-refractivity contribution in [3.05, 3.63) is 29.8 Å². The van der Waals surface area contributed by atoms with E-state index in [1.165, 1.54) is 29.8 Å². The second-order valence-electron chi connectivity index (χ2n) is 6.57. The summed E-state index contributed by atoms with van der Waals surface area (Å²) in [7, 11) is 0. The quantitative estimate of drug-likeness (QED) is 0.873. The Morgan fingerprint density at radius 3 is 2.59 bits per heavy atom. The monoisotopic (exact) mass is 320 g/mol. The van der Waals surface area contributed by atoms with E-state index in [1.807, 2.05) is 0 Å². The maximum Gasteiger partial charge on any atom is 0.0574 e. The first-order valence-corrected chi connectivity index (χ1v) is 9.65. The largest absolute Gasteiger partial charge is 0.393 e. The number of nitrogens with one attached hydrogen (secondary N) is 1. The predicted molar refractivity (Wildman–Crippen MR) is 95.8 cm³/mol. The molecule has 2 fully saturated rings. The van der Waals surface area contributed by atoms with Gasteiger partial charge in [-0.15, -0.1) is 0 Å². The fourth-order valence-corrected chi connectivity index (χ4v) is 4.54. The van der Waals surface area contributed by atoms with Crippen LogP contribution in [0.1, 0.15) is 44.2 Å². The number of rotatable bonds is 5. The van der Waals surface area contributed by atoms with Crippen LogP contribution in [-0.4, -0.2) is 41.8 Å². The van der Waals surface area contributed by atoms with Crippen LogP contribution in [-0.2, 0) is 0 Å². The zero-order valence-electron chi connectivity index (χ0n) is 13.5. The molecule has 22 heavy (non-hydrogen) atoms. The van der Waals surface area contributed by atoms with Crippen LogP contribution < -0.4 is 10.2 Å². The molecule has 0 bridgehead atoms. The summed E-state index contributed by atoms with van der Waals surface area (Å²) in [6, 6.07) is 9.38. The third-order valence-electron chi connectivity index (χ3n) is 4.90. The summed E-state index contributed by atoms with van der Waals surface area (Å²) in [6.07, 6.45) is 4.42. The van der Waals surface area contributed by atoms with E-state index in [2.05, 4.69) is 53.2 Å². The number of benzene rings is 1. The van der Waals surface area contributed by atoms with Crippen molar-refractivity contribution >= 4 is 17.4 Å². The number of hydrogen-bond donors (Lipinski definition) is 2. The van der Waals surface area contributed by atoms with Crippen LogP contribution in [0, 0.1) is 0 Å². The van der Waals surface area contributed by atoms with Gasteiger partial charge >= 0.3 is 0 Å². The van der Waals surface area contributed by atoms with Crippen LogP contribution in [0.5, 0.6) is 0 Å². The number of aliphatic hydroxyl groups excluding tert-OH is 1. The minimum absolute atomic E-state index is 0.104. The van der Waals surface area contributed by atoms with E-state index in [4.69, 9.17) is 0 Å². The number of piperidine rings is 1. The van der Waals surface area contributed by atoms with Gasteiger partial charge in [0.25, 0.3) is 0 Å². The second-order valence-corrected chi connectivity index (χ2v) is 7.98. The summed E-state index contributed by atoms with van der Waals surface area (Å²) in [6.45, 7) is 5.31. The first-order chi connectivity index (χ1) is 10.7. The van der Waals surface area contributed by atoms with Gasteiger partial charge in [0.2, 0.25) is 0 Å². The molecule has 2 aliphatic rings. The standard InChI is InChI=1S/C18H28N2OS/c1-14(19-13-18-3-2-12-22-18)15-4-6-16(7-5-15)20-10-8-17(21)9-11-20/h4-7,14,17-19,21H,2-3,8-13H2,1H3. The molecule has 1 aromatic carbocycles. The predicted octanol–water partition coefficient (Wildman–Crippen LogP) is 3.19. The molecule has 122 valence electrons. The van der Waals surface area contributed by atoms with E-state index in [0.29, 0.717) is 6.04 Å². The van der Waals surface area contributed by atoms with Gasteiger partial charge in [0.15, 0.2) is 0 Å². The molecule has 2 saturated heterocycles. The summed E-state index contributed by atoms with van der Waals surface area (Å²) >= 11 is 2.11. The van der Waals surface area contributed by atoms with Crippen molar-refractivity contribution < 1.29 is 5.11 Å². The number of nitrogens with zero attached hydrogens (tertiary/aromatic N) is 1. The maximum atomic E-state index is 9.60. The van der Waals surface area contributed by atoms with Gasteiger partial charge in [0.05, 0.1) is 6.10 Å². The Labute approximate surface area is 138 Å². The first-order valence-electron chi connectivity index (χ1n) is 8.60. The smallest absolute Gasteiger partial charge is 0.0574 e. The van der Waals surface area contributed by atoms with Gasteiger partial charge in [-0.2, -0.15) is 11.8 Å². The lowest BCUT2D eigenvalue weighted by atomic mass is 10.0. The molecule has 4 heteroatoms. The average molecular weight is 321 g/mol. The van der Waals surface area contributed by atoms with Gasteiger partial charge in [-0.25, -0.2) is 0 Å². The molecule has 2 atom stereocenters. The molecule has 2 aliphatic heterocycles. The van der Waals surface area contributed by atoms with Crippen molar-refractivity contribution in [1.29, 1.82) is 0 Å². The number of aliphatic hydroxyl groups is 1. The molecule has 2 N–H and O–H groups in total. The third-order valence-corrected chi connectivity index (χ3v) is 6.30. The molecular formula is C18H28N2OS. The SMILES string of the molecule is CC(NCC1CCCS1)c1ccc(N2CCC(O)CC2)cc1. The van der Waals surface area contributed by atoms with E-state index < -0.39 is 0 Å². The van der Waals surface area contributed by atoms with E-state index in [-0.39, 0.29) is 6.10 Å². The van der Waals surface area contributed by atoms with Gasteiger partial charge in [-0.1, -0.05) is 12.1 Å². The van der Waals surface area contributed by atoms with Gasteiger partial charge in [0.1, 0.15) is 0 Å². The first kappa shape index (κ1) is 16.2. The summed E-state index contributed by atoms with van der Waals surface area (Å²) in [5.74, 6) is 1.33. The van der Waals surface area contributed by atoms with Crippen LogP contribution in [0.15, 0.2) is 24.3 Å². The molecule has 0 aromatic heterocycles. The van der Waals surface area contributed by atoms with Crippen LogP contribution in [0.25, 0.3) is 0 Å². The number of anilines is 1. The fraction of sp³-hybridized carbons (Fsp3) is 0.667. The second kappa shape index (κ2) is 7.71. The van der Waals surface area contributed by atoms with Crippen LogP contribution in [0.4, 0.5) is 5.69 Å². The normalized spacial score (nSPS) is 24.6. The summed E-state index contributed by atoms with van der Waals surface area (Å²) in [5.41, 5.74) is 2.65. The Bertz CT molecular complexity index is 451. The summed E-state index contributed by atoms with van der Waals surface area (Å²) < 4.78 is 0. The van der Waals surface area contributed by atoms with Gasteiger partial charge in [0, 0.05) is 36.6 Å². The van der Waals surface area contributed by atoms with Crippen LogP contribution >= 0.6 is 11.8 Å². The number of thioether (sulfide) groups is 1. The lowest BCUT2D eigenvalue weighted by molar-refractivity contribution is 0.145. The highest BCUT2D eigenvalue weighted by Crippen LogP contribution is 2.26. The van der Waals surface area contributed by atoms with Crippen molar-refractivity contribution in [2.24, 2.45) is 0 Å². The summed E-state index contributed by atoms with van der Waals surface area (Å²) in [5, 5.41) is 14.1. The van der Waals surface area contributed by atoms with E-state index in [9.17, 15) is 5.11 Å². The van der Waals surface area contributed by atoms with Crippen molar-refractivity contribution in [3.63, 3.8) is 0 Å². The van der Waals surface area contributed by atoms with E-state index >= 15 is 0 Å². The average Bonchev–Trinajstić information content (AvgIpc) is 3.07. The van der Waals surface area contributed by atoms with Crippen molar-refractivity contribution in [2.45, 2.75) is 50.0 Å². The molecule has 1 aromatic rings. The highest BCUT2D eigenvalue weighted by Gasteiger charge is 2.18. The highest BCUT2D eigenvalue weighted by molar-refractivity contribution is 8.00. The van der Waals surface area contributed by atoms with Gasteiger partial charge < -0.3 is 15.3 Å². The van der Waals surface area contributed by atoms with Crippen LogP contribution in [0.3, 0.4) is 0 Å². The fourth-order valence-electron chi connectivity index (χ4n) is 3.33. The summed E-state index contributed by atoms with van der Waals surface area (Å²) in [4.78, 5) is 2.38. The van der Waals surface area contributed by atoms with Gasteiger partial charge in [-0.05, 0) is 56.1 Å². The molecule has 2 heterocycles. The van der Waals surface area contributed by atoms with Gasteiger partial charge in [-0.3, -0.25) is 0 Å². The molecule has 0 saturated carbocycles. The Morgan fingerprint density at radius 1 is 1.23 bits per heavy atom. The third kappa shape index (κ3) is 4.18.